The molecule has 2 rings (SSSR count). The lowest BCUT2D eigenvalue weighted by Crippen LogP contribution is -2.00. The first kappa shape index (κ1) is 7.35. The van der Waals surface area contributed by atoms with E-state index in [1.807, 2.05) is 12.5 Å². The molecule has 60 valence electrons. The highest BCUT2D eigenvalue weighted by Crippen LogP contribution is 2.39. The zero-order valence-electron chi connectivity index (χ0n) is 6.33. The molecule has 1 aliphatic rings. The fourth-order valence-corrected chi connectivity index (χ4v) is 1.71. The van der Waals surface area contributed by atoms with Crippen LogP contribution in [0.1, 0.15) is 24.5 Å². The average Bonchev–Trinajstić information content (AvgIpc) is 2.75. The highest BCUT2D eigenvalue weighted by atomic mass is 79.9. The van der Waals surface area contributed by atoms with Crippen LogP contribution < -0.4 is 0 Å². The van der Waals surface area contributed by atoms with Crippen LogP contribution in [0.5, 0.6) is 0 Å². The first-order valence-corrected chi connectivity index (χ1v) is 5.10. The van der Waals surface area contributed by atoms with E-state index in [2.05, 4.69) is 25.5 Å². The lowest BCUT2D eigenvalue weighted by molar-refractivity contribution is 0.723. The van der Waals surface area contributed by atoms with Gasteiger partial charge in [0.1, 0.15) is 0 Å². The second-order valence-electron chi connectivity index (χ2n) is 2.98. The Morgan fingerprint density at radius 1 is 1.64 bits per heavy atom. The van der Waals surface area contributed by atoms with E-state index in [0.29, 0.717) is 0 Å². The summed E-state index contributed by atoms with van der Waals surface area (Å²) in [5.41, 5.74) is 1.42. The predicted molar refractivity (Wildman–Crippen MR) is 48.0 cm³/mol. The monoisotopic (exact) mass is 214 g/mol. The number of aryl methyl sites for hydroxylation is 1. The Morgan fingerprint density at radius 2 is 2.45 bits per heavy atom. The van der Waals surface area contributed by atoms with Crippen molar-refractivity contribution in [1.82, 2.24) is 9.55 Å². The van der Waals surface area contributed by atoms with Gasteiger partial charge in [-0.3, -0.25) is 0 Å². The number of hydrogen-bond acceptors (Lipinski definition) is 1. The number of hydrogen-bond donors (Lipinski definition) is 0. The summed E-state index contributed by atoms with van der Waals surface area (Å²) in [7, 11) is 0. The minimum atomic E-state index is 0.816. The van der Waals surface area contributed by atoms with Crippen LogP contribution in [0.3, 0.4) is 0 Å². The second-order valence-corrected chi connectivity index (χ2v) is 3.77. The van der Waals surface area contributed by atoms with Crippen molar-refractivity contribution in [3.05, 3.63) is 18.2 Å². The summed E-state index contributed by atoms with van der Waals surface area (Å²) in [5.74, 6) is 0.816. The molecule has 0 saturated heterocycles. The van der Waals surface area contributed by atoms with Gasteiger partial charge in [-0.25, -0.2) is 4.98 Å². The minimum Gasteiger partial charge on any atom is -0.333 e. The Kier molecular flexibility index (Phi) is 1.98. The molecule has 0 aliphatic heterocycles. The molecule has 1 heterocycles. The number of halogens is 1. The van der Waals surface area contributed by atoms with Gasteiger partial charge < -0.3 is 4.57 Å². The molecule has 0 aromatic carbocycles. The molecule has 3 heteroatoms. The fraction of sp³-hybridized carbons (Fsp3) is 0.625. The van der Waals surface area contributed by atoms with E-state index in [-0.39, 0.29) is 0 Å². The summed E-state index contributed by atoms with van der Waals surface area (Å²) in [4.78, 5) is 4.14. The van der Waals surface area contributed by atoms with Gasteiger partial charge in [-0.1, -0.05) is 15.9 Å². The fourth-order valence-electron chi connectivity index (χ4n) is 1.33. The first-order valence-electron chi connectivity index (χ1n) is 3.98. The van der Waals surface area contributed by atoms with Crippen molar-refractivity contribution in [2.24, 2.45) is 0 Å². The van der Waals surface area contributed by atoms with Crippen molar-refractivity contribution in [3.63, 3.8) is 0 Å². The number of nitrogens with zero attached hydrogens (tertiary/aromatic N) is 2. The van der Waals surface area contributed by atoms with Gasteiger partial charge in [0.15, 0.2) is 0 Å². The molecule has 0 amide bonds. The summed E-state index contributed by atoms with van der Waals surface area (Å²) >= 11 is 3.43. The summed E-state index contributed by atoms with van der Waals surface area (Å²) < 4.78 is 2.24. The Labute approximate surface area is 74.8 Å². The van der Waals surface area contributed by atoms with Crippen molar-refractivity contribution >= 4 is 15.9 Å². The molecule has 0 radical (unpaired) electrons. The van der Waals surface area contributed by atoms with Crippen molar-refractivity contribution in [1.29, 1.82) is 0 Å². The molecular formula is C8H11BrN2. The third kappa shape index (κ3) is 1.48. The molecule has 1 saturated carbocycles. The van der Waals surface area contributed by atoms with E-state index in [1.54, 1.807) is 0 Å². The summed E-state index contributed by atoms with van der Waals surface area (Å²) in [6.45, 7) is 1.05. The Bertz CT molecular complexity index is 240. The Balaban J connectivity index is 2.16. The van der Waals surface area contributed by atoms with E-state index in [1.165, 1.54) is 18.5 Å². The van der Waals surface area contributed by atoms with Crippen LogP contribution in [-0.2, 0) is 6.54 Å². The van der Waals surface area contributed by atoms with E-state index < -0.39 is 0 Å². The first-order chi connectivity index (χ1) is 5.42. The van der Waals surface area contributed by atoms with E-state index in [4.69, 9.17) is 0 Å². The highest BCUT2D eigenvalue weighted by Gasteiger charge is 2.26. The third-order valence-corrected chi connectivity index (χ3v) is 2.42. The van der Waals surface area contributed by atoms with E-state index in [9.17, 15) is 0 Å². The molecule has 0 unspecified atom stereocenters. The summed E-state index contributed by atoms with van der Waals surface area (Å²) in [6, 6.07) is 0. The predicted octanol–water partition coefficient (Wildman–Crippen LogP) is 2.16. The summed E-state index contributed by atoms with van der Waals surface area (Å²) in [5, 5.41) is 1.02. The molecule has 0 N–H and O–H groups in total. The average molecular weight is 215 g/mol. The van der Waals surface area contributed by atoms with Crippen LogP contribution in [0, 0.1) is 0 Å². The molecule has 1 aromatic heterocycles. The van der Waals surface area contributed by atoms with Crippen LogP contribution >= 0.6 is 15.9 Å². The second kappa shape index (κ2) is 2.97. The van der Waals surface area contributed by atoms with Crippen molar-refractivity contribution in [2.75, 3.05) is 5.33 Å². The lowest BCUT2D eigenvalue weighted by Gasteiger charge is -2.02. The molecule has 1 fully saturated rings. The standard InChI is InChI=1S/C8H11BrN2/c9-3-4-11-6-10-5-8(11)7-1-2-7/h5-7H,1-4H2. The molecular weight excluding hydrogens is 204 g/mol. The van der Waals surface area contributed by atoms with Crippen molar-refractivity contribution in [2.45, 2.75) is 25.3 Å². The highest BCUT2D eigenvalue weighted by molar-refractivity contribution is 9.09. The number of rotatable bonds is 3. The number of aromatic nitrogens is 2. The maximum atomic E-state index is 4.14. The molecule has 0 spiro atoms. The number of alkyl halides is 1. The van der Waals surface area contributed by atoms with Crippen LogP contribution in [0.15, 0.2) is 12.5 Å². The van der Waals surface area contributed by atoms with Gasteiger partial charge in [-0.05, 0) is 12.8 Å². The van der Waals surface area contributed by atoms with Gasteiger partial charge in [-0.2, -0.15) is 0 Å². The maximum absolute atomic E-state index is 4.14. The zero-order chi connectivity index (χ0) is 7.68. The topological polar surface area (TPSA) is 17.8 Å². The van der Waals surface area contributed by atoms with Gasteiger partial charge >= 0.3 is 0 Å². The molecule has 0 atom stereocenters. The minimum absolute atomic E-state index is 0.816. The molecule has 11 heavy (non-hydrogen) atoms. The number of imidazole rings is 1. The quantitative estimate of drug-likeness (QED) is 0.706. The third-order valence-electron chi connectivity index (χ3n) is 2.07. The van der Waals surface area contributed by atoms with Gasteiger partial charge in [-0.15, -0.1) is 0 Å². The SMILES string of the molecule is BrCCn1cncc1C1CC1. The van der Waals surface area contributed by atoms with Gasteiger partial charge in [0.2, 0.25) is 0 Å². The smallest absolute Gasteiger partial charge is 0.0948 e. The maximum Gasteiger partial charge on any atom is 0.0948 e. The molecule has 2 nitrogen and oxygen atoms in total. The van der Waals surface area contributed by atoms with Crippen LogP contribution in [0.25, 0.3) is 0 Å². The lowest BCUT2D eigenvalue weighted by atomic mass is 10.3. The molecule has 1 aliphatic carbocycles. The van der Waals surface area contributed by atoms with Crippen LogP contribution in [0.2, 0.25) is 0 Å². The van der Waals surface area contributed by atoms with Gasteiger partial charge in [0, 0.05) is 29.7 Å². The zero-order valence-corrected chi connectivity index (χ0v) is 7.92. The van der Waals surface area contributed by atoms with Crippen molar-refractivity contribution in [3.8, 4) is 0 Å². The van der Waals surface area contributed by atoms with E-state index in [0.717, 1.165) is 17.8 Å². The largest absolute Gasteiger partial charge is 0.333 e. The Morgan fingerprint density at radius 3 is 3.09 bits per heavy atom. The summed E-state index contributed by atoms with van der Waals surface area (Å²) in [6.07, 6.45) is 6.64. The van der Waals surface area contributed by atoms with Crippen LogP contribution in [0.4, 0.5) is 0 Å². The Hall–Kier alpha value is -0.310. The van der Waals surface area contributed by atoms with Gasteiger partial charge in [0.05, 0.1) is 6.33 Å². The normalized spacial score (nSPS) is 17.2. The van der Waals surface area contributed by atoms with E-state index >= 15 is 0 Å². The molecule has 0 bridgehead atoms. The van der Waals surface area contributed by atoms with Crippen LogP contribution in [-0.4, -0.2) is 14.9 Å². The van der Waals surface area contributed by atoms with Crippen molar-refractivity contribution < 1.29 is 0 Å². The molecule has 1 aromatic rings. The van der Waals surface area contributed by atoms with Gasteiger partial charge in [0.25, 0.3) is 0 Å².